The van der Waals surface area contributed by atoms with E-state index in [-0.39, 0.29) is 0 Å². The molecule has 0 spiro atoms. The van der Waals surface area contributed by atoms with Crippen molar-refractivity contribution in [3.63, 3.8) is 0 Å². The Morgan fingerprint density at radius 3 is 2.55 bits per heavy atom. The fourth-order valence-electron chi connectivity index (χ4n) is 4.17. The van der Waals surface area contributed by atoms with Crippen molar-refractivity contribution in [3.05, 3.63) is 47.5 Å². The van der Waals surface area contributed by atoms with Gasteiger partial charge in [0, 0.05) is 63.6 Å². The average Bonchev–Trinajstić information content (AvgIpc) is 2.86. The van der Waals surface area contributed by atoms with Crippen molar-refractivity contribution in [1.82, 2.24) is 9.88 Å². The van der Waals surface area contributed by atoms with E-state index < -0.39 is 0 Å². The van der Waals surface area contributed by atoms with Gasteiger partial charge in [0.15, 0.2) is 5.82 Å². The highest BCUT2D eigenvalue weighted by atomic mass is 16.5. The van der Waals surface area contributed by atoms with E-state index in [4.69, 9.17) is 14.5 Å². The molecule has 2 saturated heterocycles. The molecule has 0 amide bonds. The van der Waals surface area contributed by atoms with E-state index in [0.717, 1.165) is 95.1 Å². The summed E-state index contributed by atoms with van der Waals surface area (Å²) in [7, 11) is 0. The molecule has 1 aromatic carbocycles. The second-order valence-electron chi connectivity index (χ2n) is 8.49. The number of pyridine rings is 1. The van der Waals surface area contributed by atoms with Crippen LogP contribution in [0.3, 0.4) is 0 Å². The van der Waals surface area contributed by atoms with Crippen LogP contribution in [0.5, 0.6) is 0 Å². The van der Waals surface area contributed by atoms with Gasteiger partial charge < -0.3 is 19.3 Å². The quantitative estimate of drug-likeness (QED) is 0.464. The lowest BCUT2D eigenvalue weighted by Crippen LogP contribution is -2.41. The first-order valence-corrected chi connectivity index (χ1v) is 12.0. The Kier molecular flexibility index (Phi) is 8.52. The van der Waals surface area contributed by atoms with E-state index in [9.17, 15) is 0 Å². The smallest absolute Gasteiger partial charge is 0.150 e. The van der Waals surface area contributed by atoms with E-state index in [2.05, 4.69) is 63.3 Å². The van der Waals surface area contributed by atoms with Crippen molar-refractivity contribution < 1.29 is 9.47 Å². The Bertz CT molecular complexity index is 910. The van der Waals surface area contributed by atoms with Gasteiger partial charge in [-0.2, -0.15) is 5.10 Å². The molecule has 0 atom stereocenters. The summed E-state index contributed by atoms with van der Waals surface area (Å²) < 4.78 is 11.0. The van der Waals surface area contributed by atoms with Crippen LogP contribution in [0, 0.1) is 6.92 Å². The van der Waals surface area contributed by atoms with Gasteiger partial charge >= 0.3 is 0 Å². The molecule has 178 valence electrons. The number of aromatic nitrogens is 1. The van der Waals surface area contributed by atoms with Gasteiger partial charge in [0.1, 0.15) is 5.82 Å². The van der Waals surface area contributed by atoms with Crippen LogP contribution in [0.15, 0.2) is 41.5 Å². The van der Waals surface area contributed by atoms with Crippen molar-refractivity contribution in [2.75, 3.05) is 87.5 Å². The van der Waals surface area contributed by atoms with E-state index in [1.165, 1.54) is 5.56 Å². The van der Waals surface area contributed by atoms with E-state index in [1.54, 1.807) is 0 Å². The fraction of sp³-hybridized carbons (Fsp3) is 0.520. The van der Waals surface area contributed by atoms with Crippen molar-refractivity contribution in [2.45, 2.75) is 13.8 Å². The number of nitrogens with zero attached hydrogens (tertiary/aromatic N) is 5. The molecule has 8 heteroatoms. The third-order valence-corrected chi connectivity index (χ3v) is 6.10. The minimum absolute atomic E-state index is 0.750. The number of anilines is 3. The molecular weight excluding hydrogens is 416 g/mol. The number of morpholine rings is 2. The van der Waals surface area contributed by atoms with Gasteiger partial charge in [-0.25, -0.2) is 4.98 Å². The van der Waals surface area contributed by atoms with Crippen LogP contribution in [0.2, 0.25) is 0 Å². The molecule has 4 rings (SSSR count). The van der Waals surface area contributed by atoms with Crippen LogP contribution in [0.4, 0.5) is 17.3 Å². The predicted molar refractivity (Wildman–Crippen MR) is 135 cm³/mol. The molecule has 1 aromatic heterocycles. The van der Waals surface area contributed by atoms with Gasteiger partial charge in [0.25, 0.3) is 0 Å². The Labute approximate surface area is 197 Å². The maximum Gasteiger partial charge on any atom is 0.150 e. The zero-order valence-electron chi connectivity index (χ0n) is 19.9. The number of benzene rings is 1. The average molecular weight is 453 g/mol. The second-order valence-corrected chi connectivity index (χ2v) is 8.49. The first-order valence-electron chi connectivity index (χ1n) is 12.0. The first kappa shape index (κ1) is 23.5. The summed E-state index contributed by atoms with van der Waals surface area (Å²) in [5, 5.41) is 4.46. The Morgan fingerprint density at radius 2 is 1.82 bits per heavy atom. The highest BCUT2D eigenvalue weighted by Gasteiger charge is 2.17. The Balaban J connectivity index is 1.51. The molecule has 0 aliphatic carbocycles. The number of hydrogen-bond acceptors (Lipinski definition) is 8. The highest BCUT2D eigenvalue weighted by molar-refractivity contribution is 5.80. The third kappa shape index (κ3) is 6.90. The van der Waals surface area contributed by atoms with Gasteiger partial charge in [-0.3, -0.25) is 10.3 Å². The largest absolute Gasteiger partial charge is 0.379 e. The molecule has 33 heavy (non-hydrogen) atoms. The minimum atomic E-state index is 0.750. The summed E-state index contributed by atoms with van der Waals surface area (Å²) >= 11 is 0. The summed E-state index contributed by atoms with van der Waals surface area (Å²) in [6.45, 7) is 14.0. The van der Waals surface area contributed by atoms with Gasteiger partial charge in [0.2, 0.25) is 0 Å². The lowest BCUT2D eigenvalue weighted by atomic mass is 10.2. The molecular formula is C25H36N6O2. The number of rotatable bonds is 9. The molecule has 8 nitrogen and oxygen atoms in total. The molecule has 2 aliphatic rings. The first-order chi connectivity index (χ1) is 16.2. The molecule has 2 fully saturated rings. The van der Waals surface area contributed by atoms with Crippen molar-refractivity contribution >= 4 is 23.5 Å². The minimum Gasteiger partial charge on any atom is -0.379 e. The number of aryl methyl sites for hydroxylation is 1. The van der Waals surface area contributed by atoms with Gasteiger partial charge in [-0.05, 0) is 19.4 Å². The molecule has 3 heterocycles. The van der Waals surface area contributed by atoms with Crippen LogP contribution in [0.25, 0.3) is 0 Å². The molecule has 2 aromatic rings. The molecule has 0 bridgehead atoms. The standard InChI is InChI=1S/C25H36N6O2/c1-3-30(8-7-29-9-13-32-14-10-29)25-19-23(31-11-15-33-16-12-31)18-24(27-25)28-26-20-22-6-4-5-21(2)17-22/h4-6,17-20H,3,7-16H2,1-2H3,(H,27,28)/b26-20+. The SMILES string of the molecule is CCN(CCN1CCOCC1)c1cc(N2CCOCC2)cc(N/N=C/c2cccc(C)c2)n1. The van der Waals surface area contributed by atoms with Crippen LogP contribution < -0.4 is 15.2 Å². The monoisotopic (exact) mass is 452 g/mol. The maximum atomic E-state index is 5.56. The zero-order valence-corrected chi connectivity index (χ0v) is 19.9. The summed E-state index contributed by atoms with van der Waals surface area (Å²) in [6.07, 6.45) is 1.84. The molecule has 1 N–H and O–H groups in total. The number of hydrazone groups is 1. The maximum absolute atomic E-state index is 5.56. The predicted octanol–water partition coefficient (Wildman–Crippen LogP) is 2.83. The van der Waals surface area contributed by atoms with E-state index in [1.807, 2.05) is 18.3 Å². The summed E-state index contributed by atoms with van der Waals surface area (Å²) in [4.78, 5) is 12.1. The molecule has 0 radical (unpaired) electrons. The molecule has 2 aliphatic heterocycles. The van der Waals surface area contributed by atoms with Crippen LogP contribution in [-0.2, 0) is 9.47 Å². The molecule has 0 unspecified atom stereocenters. The van der Waals surface area contributed by atoms with Crippen molar-refractivity contribution in [1.29, 1.82) is 0 Å². The third-order valence-electron chi connectivity index (χ3n) is 6.10. The number of hydrogen-bond donors (Lipinski definition) is 1. The van der Waals surface area contributed by atoms with Crippen molar-refractivity contribution in [2.24, 2.45) is 5.10 Å². The topological polar surface area (TPSA) is 65.5 Å². The number of ether oxygens (including phenoxy) is 2. The Morgan fingerprint density at radius 1 is 1.06 bits per heavy atom. The lowest BCUT2D eigenvalue weighted by Gasteiger charge is -2.32. The second kappa shape index (κ2) is 12.0. The fourth-order valence-corrected chi connectivity index (χ4v) is 4.17. The van der Waals surface area contributed by atoms with Crippen LogP contribution in [-0.4, -0.2) is 88.3 Å². The normalized spacial score (nSPS) is 17.5. The van der Waals surface area contributed by atoms with Gasteiger partial charge in [-0.1, -0.05) is 29.8 Å². The summed E-state index contributed by atoms with van der Waals surface area (Å²) in [5.74, 6) is 1.73. The van der Waals surface area contributed by atoms with E-state index in [0.29, 0.717) is 0 Å². The number of likely N-dealkylation sites (N-methyl/N-ethyl adjacent to an activating group) is 1. The zero-order chi connectivity index (χ0) is 22.9. The van der Waals surface area contributed by atoms with Gasteiger partial charge in [-0.15, -0.1) is 0 Å². The summed E-state index contributed by atoms with van der Waals surface area (Å²) in [5.41, 5.74) is 6.60. The van der Waals surface area contributed by atoms with Crippen LogP contribution >= 0.6 is 0 Å². The summed E-state index contributed by atoms with van der Waals surface area (Å²) in [6, 6.07) is 12.6. The lowest BCUT2D eigenvalue weighted by molar-refractivity contribution is 0.0392. The van der Waals surface area contributed by atoms with E-state index >= 15 is 0 Å². The number of nitrogens with one attached hydrogen (secondary N) is 1. The highest BCUT2D eigenvalue weighted by Crippen LogP contribution is 2.26. The Hall–Kier alpha value is -2.68. The van der Waals surface area contributed by atoms with Gasteiger partial charge in [0.05, 0.1) is 32.6 Å². The van der Waals surface area contributed by atoms with Crippen LogP contribution in [0.1, 0.15) is 18.1 Å². The van der Waals surface area contributed by atoms with Crippen molar-refractivity contribution in [3.8, 4) is 0 Å². The molecule has 0 saturated carbocycles.